The third-order valence-electron chi connectivity index (χ3n) is 3.50. The minimum Gasteiger partial charge on any atom is -0.383 e. The summed E-state index contributed by atoms with van der Waals surface area (Å²) in [6, 6.07) is 12.4. The fourth-order valence-corrected chi connectivity index (χ4v) is 3.42. The van der Waals surface area contributed by atoms with Gasteiger partial charge in [-0.1, -0.05) is 30.3 Å². The highest BCUT2D eigenvalue weighted by atomic mass is 32.2. The van der Waals surface area contributed by atoms with Crippen LogP contribution in [-0.2, 0) is 19.6 Å². The summed E-state index contributed by atoms with van der Waals surface area (Å²) < 4.78 is 32.0. The number of carbonyl (C=O) groups is 1. The number of benzene rings is 2. The van der Waals surface area contributed by atoms with Crippen molar-refractivity contribution in [2.75, 3.05) is 20.3 Å². The minimum atomic E-state index is -3.64. The normalized spacial score (nSPS) is 12.9. The van der Waals surface area contributed by atoms with E-state index in [1.807, 2.05) is 31.2 Å². The second-order valence-electron chi connectivity index (χ2n) is 5.58. The Morgan fingerprint density at radius 1 is 1.17 bits per heavy atom. The average Bonchev–Trinajstić information content (AvgIpc) is 2.54. The van der Waals surface area contributed by atoms with Gasteiger partial charge in [0, 0.05) is 26.1 Å². The Morgan fingerprint density at radius 3 is 2.58 bits per heavy atom. The van der Waals surface area contributed by atoms with E-state index in [0.717, 1.165) is 10.8 Å². The van der Waals surface area contributed by atoms with Crippen LogP contribution in [0.1, 0.15) is 13.3 Å². The highest BCUT2D eigenvalue weighted by Gasteiger charge is 2.15. The molecule has 2 aromatic carbocycles. The number of rotatable bonds is 8. The van der Waals surface area contributed by atoms with Crippen molar-refractivity contribution in [3.63, 3.8) is 0 Å². The summed E-state index contributed by atoms with van der Waals surface area (Å²) in [6.45, 7) is 2.27. The van der Waals surface area contributed by atoms with Gasteiger partial charge in [0.15, 0.2) is 0 Å². The van der Waals surface area contributed by atoms with Crippen molar-refractivity contribution >= 4 is 26.7 Å². The molecular formula is C17H22N2O4S. The zero-order valence-electron chi connectivity index (χ0n) is 13.8. The highest BCUT2D eigenvalue weighted by molar-refractivity contribution is 7.89. The molecule has 0 saturated heterocycles. The molecule has 0 fully saturated rings. The maximum absolute atomic E-state index is 12.3. The summed E-state index contributed by atoms with van der Waals surface area (Å²) in [7, 11) is -2.08. The van der Waals surface area contributed by atoms with E-state index >= 15 is 0 Å². The first kappa shape index (κ1) is 18.4. The van der Waals surface area contributed by atoms with Gasteiger partial charge >= 0.3 is 0 Å². The van der Waals surface area contributed by atoms with Crippen LogP contribution >= 0.6 is 0 Å². The quantitative estimate of drug-likeness (QED) is 0.758. The SMILES string of the molecule is COC[C@@H](C)NC(=O)CCNS(=O)(=O)c1ccc2ccccc2c1. The number of ether oxygens (including phenoxy) is 1. The standard InChI is InChI=1S/C17H22N2O4S/c1-13(12-23-2)19-17(20)9-10-18-24(21,22)16-8-7-14-5-3-4-6-15(14)11-16/h3-8,11,13,18H,9-10,12H2,1-2H3,(H,19,20)/t13-/m1/s1. The Bertz CT molecular complexity index is 805. The van der Waals surface area contributed by atoms with Crippen molar-refractivity contribution in [2.45, 2.75) is 24.3 Å². The third-order valence-corrected chi connectivity index (χ3v) is 4.96. The predicted molar refractivity (Wildman–Crippen MR) is 93.2 cm³/mol. The molecule has 0 aromatic heterocycles. The van der Waals surface area contributed by atoms with Gasteiger partial charge in [0.25, 0.3) is 0 Å². The first-order chi connectivity index (χ1) is 11.4. The first-order valence-corrected chi connectivity index (χ1v) is 9.17. The second-order valence-corrected chi connectivity index (χ2v) is 7.35. The van der Waals surface area contributed by atoms with Crippen LogP contribution in [-0.4, -0.2) is 40.6 Å². The summed E-state index contributed by atoms with van der Waals surface area (Å²) in [4.78, 5) is 11.9. The number of hydrogen-bond donors (Lipinski definition) is 2. The van der Waals surface area contributed by atoms with E-state index in [2.05, 4.69) is 10.0 Å². The fourth-order valence-electron chi connectivity index (χ4n) is 2.36. The van der Waals surface area contributed by atoms with E-state index in [9.17, 15) is 13.2 Å². The molecular weight excluding hydrogens is 328 g/mol. The van der Waals surface area contributed by atoms with E-state index in [-0.39, 0.29) is 29.8 Å². The van der Waals surface area contributed by atoms with Crippen molar-refractivity contribution in [1.29, 1.82) is 0 Å². The molecule has 0 heterocycles. The molecule has 0 bridgehead atoms. The number of fused-ring (bicyclic) bond motifs is 1. The maximum atomic E-state index is 12.3. The highest BCUT2D eigenvalue weighted by Crippen LogP contribution is 2.18. The summed E-state index contributed by atoms with van der Waals surface area (Å²) >= 11 is 0. The molecule has 6 nitrogen and oxygen atoms in total. The summed E-state index contributed by atoms with van der Waals surface area (Å²) in [6.07, 6.45) is 0.0703. The van der Waals surface area contributed by atoms with Crippen LogP contribution in [0, 0.1) is 0 Å². The number of nitrogens with one attached hydrogen (secondary N) is 2. The molecule has 0 spiro atoms. The van der Waals surface area contributed by atoms with Gasteiger partial charge in [-0.15, -0.1) is 0 Å². The van der Waals surface area contributed by atoms with Crippen LogP contribution < -0.4 is 10.0 Å². The fraction of sp³-hybridized carbons (Fsp3) is 0.353. The zero-order valence-corrected chi connectivity index (χ0v) is 14.6. The van der Waals surface area contributed by atoms with Gasteiger partial charge in [0.05, 0.1) is 11.5 Å². The number of hydrogen-bond acceptors (Lipinski definition) is 4. The van der Waals surface area contributed by atoms with Gasteiger partial charge in [0.1, 0.15) is 0 Å². The minimum absolute atomic E-state index is 0.0424. The van der Waals surface area contributed by atoms with Gasteiger partial charge in [-0.05, 0) is 29.8 Å². The molecule has 0 saturated carbocycles. The Hall–Kier alpha value is -1.96. The lowest BCUT2D eigenvalue weighted by atomic mass is 10.1. The monoisotopic (exact) mass is 350 g/mol. The van der Waals surface area contributed by atoms with Gasteiger partial charge in [0.2, 0.25) is 15.9 Å². The molecule has 0 unspecified atom stereocenters. The number of sulfonamides is 1. The van der Waals surface area contributed by atoms with Crippen LogP contribution in [0.15, 0.2) is 47.4 Å². The Balaban J connectivity index is 1.94. The Labute approximate surface area is 142 Å². The Kier molecular flexibility index (Phi) is 6.30. The van der Waals surface area contributed by atoms with E-state index in [4.69, 9.17) is 4.74 Å². The molecule has 7 heteroatoms. The van der Waals surface area contributed by atoms with E-state index in [0.29, 0.717) is 6.61 Å². The lowest BCUT2D eigenvalue weighted by Gasteiger charge is -2.13. The summed E-state index contributed by atoms with van der Waals surface area (Å²) in [5, 5.41) is 4.56. The van der Waals surface area contributed by atoms with Crippen LogP contribution in [0.2, 0.25) is 0 Å². The molecule has 0 radical (unpaired) electrons. The van der Waals surface area contributed by atoms with E-state index in [1.54, 1.807) is 25.3 Å². The van der Waals surface area contributed by atoms with E-state index < -0.39 is 10.0 Å². The predicted octanol–water partition coefficient (Wildman–Crippen LogP) is 1.66. The van der Waals surface area contributed by atoms with Crippen molar-refractivity contribution in [2.24, 2.45) is 0 Å². The van der Waals surface area contributed by atoms with Crippen LogP contribution in [0.25, 0.3) is 10.8 Å². The van der Waals surface area contributed by atoms with Gasteiger partial charge in [-0.2, -0.15) is 0 Å². The maximum Gasteiger partial charge on any atom is 0.240 e. The Morgan fingerprint density at radius 2 is 1.88 bits per heavy atom. The third kappa shape index (κ3) is 5.02. The molecule has 2 N–H and O–H groups in total. The topological polar surface area (TPSA) is 84.5 Å². The summed E-state index contributed by atoms with van der Waals surface area (Å²) in [5.41, 5.74) is 0. The number of carbonyl (C=O) groups excluding carboxylic acids is 1. The molecule has 24 heavy (non-hydrogen) atoms. The van der Waals surface area contributed by atoms with Crippen LogP contribution in [0.4, 0.5) is 0 Å². The number of amides is 1. The van der Waals surface area contributed by atoms with Crippen molar-refractivity contribution in [3.05, 3.63) is 42.5 Å². The van der Waals surface area contributed by atoms with Crippen LogP contribution in [0.5, 0.6) is 0 Å². The number of methoxy groups -OCH3 is 1. The average molecular weight is 350 g/mol. The molecule has 0 aliphatic heterocycles. The van der Waals surface area contributed by atoms with Gasteiger partial charge in [-0.25, -0.2) is 13.1 Å². The molecule has 1 amide bonds. The molecule has 0 aliphatic carbocycles. The van der Waals surface area contributed by atoms with Crippen molar-refractivity contribution in [1.82, 2.24) is 10.0 Å². The molecule has 1 atom stereocenters. The second kappa shape index (κ2) is 8.23. The molecule has 0 aliphatic rings. The molecule has 2 rings (SSSR count). The van der Waals surface area contributed by atoms with Gasteiger partial charge in [-0.3, -0.25) is 4.79 Å². The van der Waals surface area contributed by atoms with Crippen molar-refractivity contribution in [3.8, 4) is 0 Å². The first-order valence-electron chi connectivity index (χ1n) is 7.69. The van der Waals surface area contributed by atoms with Crippen molar-refractivity contribution < 1.29 is 17.9 Å². The smallest absolute Gasteiger partial charge is 0.240 e. The summed E-state index contributed by atoms with van der Waals surface area (Å²) in [5.74, 6) is -0.222. The largest absolute Gasteiger partial charge is 0.383 e. The van der Waals surface area contributed by atoms with Gasteiger partial charge < -0.3 is 10.1 Å². The molecule has 130 valence electrons. The molecule has 2 aromatic rings. The lowest BCUT2D eigenvalue weighted by molar-refractivity contribution is -0.121. The zero-order chi connectivity index (χ0) is 17.6. The lowest BCUT2D eigenvalue weighted by Crippen LogP contribution is -2.37. The van der Waals surface area contributed by atoms with Crippen LogP contribution in [0.3, 0.4) is 0 Å². The van der Waals surface area contributed by atoms with E-state index in [1.165, 1.54) is 0 Å².